The standard InChI is InChI=1S/C34H44F2N4O5/c1-21-15-29(43-5)26(24-11-12-40(31(21)24)33(42)45-34(2,3)4)18-39-14-13-38(20-30(35)36)19-28(39)23-9-10-25(32(41)44-6)27(16-23)37-17-22-7-8-22/h9-12,15-16,22,28,30,37H,7-8,13-14,17-20H2,1-6H3/t28-/m0/s1. The highest BCUT2D eigenvalue weighted by Gasteiger charge is 2.32. The molecule has 1 saturated heterocycles. The number of ether oxygens (including phenoxy) is 3. The van der Waals surface area contributed by atoms with E-state index in [0.717, 1.165) is 47.0 Å². The molecule has 1 N–H and O–H groups in total. The van der Waals surface area contributed by atoms with Gasteiger partial charge in [0.25, 0.3) is 6.43 Å². The van der Waals surface area contributed by atoms with Crippen molar-refractivity contribution in [2.75, 3.05) is 52.3 Å². The largest absolute Gasteiger partial charge is 0.496 e. The number of methoxy groups -OCH3 is 2. The van der Waals surface area contributed by atoms with Crippen LogP contribution < -0.4 is 10.1 Å². The van der Waals surface area contributed by atoms with Crippen LogP contribution in [0.15, 0.2) is 36.5 Å². The van der Waals surface area contributed by atoms with Gasteiger partial charge in [0.15, 0.2) is 0 Å². The molecule has 1 aliphatic carbocycles. The van der Waals surface area contributed by atoms with Crippen molar-refractivity contribution in [2.45, 2.75) is 65.1 Å². The number of carbonyl (C=O) groups excluding carboxylic acids is 2. The third kappa shape index (κ3) is 7.58. The van der Waals surface area contributed by atoms with Gasteiger partial charge in [-0.05, 0) is 81.8 Å². The number of hydrogen-bond donors (Lipinski definition) is 1. The van der Waals surface area contributed by atoms with E-state index in [1.807, 2.05) is 52.0 Å². The molecule has 0 bridgehead atoms. The van der Waals surface area contributed by atoms with E-state index in [-0.39, 0.29) is 12.6 Å². The lowest BCUT2D eigenvalue weighted by atomic mass is 9.97. The zero-order valence-electron chi connectivity index (χ0n) is 27.0. The highest BCUT2D eigenvalue weighted by molar-refractivity contribution is 5.96. The van der Waals surface area contributed by atoms with Gasteiger partial charge in [0.2, 0.25) is 0 Å². The van der Waals surface area contributed by atoms with Crippen LogP contribution in [0, 0.1) is 12.8 Å². The fourth-order valence-corrected chi connectivity index (χ4v) is 6.10. The van der Waals surface area contributed by atoms with E-state index in [1.54, 1.807) is 24.3 Å². The van der Waals surface area contributed by atoms with E-state index < -0.39 is 24.1 Å². The Morgan fingerprint density at radius 2 is 1.84 bits per heavy atom. The van der Waals surface area contributed by atoms with Crippen LogP contribution in [0.1, 0.15) is 66.7 Å². The van der Waals surface area contributed by atoms with E-state index >= 15 is 0 Å². The van der Waals surface area contributed by atoms with Gasteiger partial charge < -0.3 is 19.5 Å². The molecule has 0 amide bonds. The number of nitrogens with zero attached hydrogens (tertiary/aromatic N) is 3. The first-order valence-corrected chi connectivity index (χ1v) is 15.5. The molecule has 1 saturated carbocycles. The van der Waals surface area contributed by atoms with Gasteiger partial charge in [-0.1, -0.05) is 6.07 Å². The second-order valence-electron chi connectivity index (χ2n) is 13.1. The molecule has 5 rings (SSSR count). The smallest absolute Gasteiger partial charge is 0.419 e. The number of hydrogen-bond acceptors (Lipinski definition) is 8. The number of nitrogens with one attached hydrogen (secondary N) is 1. The zero-order chi connectivity index (χ0) is 32.5. The number of carbonyl (C=O) groups is 2. The number of benzene rings is 2. The number of halogens is 2. The Hall–Kier alpha value is -3.70. The Morgan fingerprint density at radius 1 is 1.09 bits per heavy atom. The van der Waals surface area contributed by atoms with Crippen molar-refractivity contribution in [2.24, 2.45) is 5.92 Å². The number of alkyl halides is 2. The molecule has 2 fully saturated rings. The SMILES string of the molecule is COC(=O)c1ccc([C@@H]2CN(CC(F)F)CCN2Cc2c(OC)cc(C)c3c2ccn3C(=O)OC(C)(C)C)cc1NCC1CC1. The van der Waals surface area contributed by atoms with Crippen LogP contribution in [0.2, 0.25) is 0 Å². The molecule has 3 aromatic rings. The maximum Gasteiger partial charge on any atom is 0.419 e. The molecule has 1 aliphatic heterocycles. The first-order valence-electron chi connectivity index (χ1n) is 15.5. The van der Waals surface area contributed by atoms with Crippen LogP contribution in [-0.2, 0) is 16.0 Å². The molecule has 0 radical (unpaired) electrons. The molecule has 1 atom stereocenters. The Kier molecular flexibility index (Phi) is 9.69. The lowest BCUT2D eigenvalue weighted by Gasteiger charge is -2.42. The third-order valence-electron chi connectivity index (χ3n) is 8.48. The number of fused-ring (bicyclic) bond motifs is 1. The number of rotatable bonds is 10. The van der Waals surface area contributed by atoms with E-state index in [2.05, 4.69) is 10.2 Å². The summed E-state index contributed by atoms with van der Waals surface area (Å²) in [5.74, 6) is 0.834. The monoisotopic (exact) mass is 626 g/mol. The van der Waals surface area contributed by atoms with Crippen LogP contribution in [0.25, 0.3) is 10.9 Å². The second-order valence-corrected chi connectivity index (χ2v) is 13.1. The van der Waals surface area contributed by atoms with Crippen LogP contribution in [0.5, 0.6) is 5.75 Å². The number of aromatic nitrogens is 1. The molecule has 244 valence electrons. The minimum absolute atomic E-state index is 0.250. The van der Waals surface area contributed by atoms with E-state index in [9.17, 15) is 18.4 Å². The quantitative estimate of drug-likeness (QED) is 0.256. The summed E-state index contributed by atoms with van der Waals surface area (Å²) in [7, 11) is 2.98. The fourth-order valence-electron chi connectivity index (χ4n) is 6.10. The van der Waals surface area contributed by atoms with Gasteiger partial charge in [0.05, 0.1) is 31.8 Å². The summed E-state index contributed by atoms with van der Waals surface area (Å²) >= 11 is 0. The summed E-state index contributed by atoms with van der Waals surface area (Å²) in [4.78, 5) is 29.8. The van der Waals surface area contributed by atoms with Crippen molar-refractivity contribution in [1.29, 1.82) is 0 Å². The minimum Gasteiger partial charge on any atom is -0.496 e. The topological polar surface area (TPSA) is 85.3 Å². The molecule has 0 unspecified atom stereocenters. The summed E-state index contributed by atoms with van der Waals surface area (Å²) < 4.78 is 45.1. The maximum atomic E-state index is 13.5. The predicted octanol–water partition coefficient (Wildman–Crippen LogP) is 6.47. The molecule has 2 aliphatic rings. The highest BCUT2D eigenvalue weighted by atomic mass is 19.3. The molecule has 2 heterocycles. The van der Waals surface area contributed by atoms with Crippen LogP contribution in [0.4, 0.5) is 19.3 Å². The molecular formula is C34H44F2N4O5. The summed E-state index contributed by atoms with van der Waals surface area (Å²) in [5.41, 5.74) is 3.88. The van der Waals surface area contributed by atoms with Crippen molar-refractivity contribution < 1.29 is 32.6 Å². The van der Waals surface area contributed by atoms with Gasteiger partial charge in [-0.25, -0.2) is 18.4 Å². The molecule has 2 aromatic carbocycles. The number of anilines is 1. The van der Waals surface area contributed by atoms with Crippen LogP contribution in [-0.4, -0.2) is 85.4 Å². The highest BCUT2D eigenvalue weighted by Crippen LogP contribution is 2.37. The molecular weight excluding hydrogens is 582 g/mol. The van der Waals surface area contributed by atoms with Gasteiger partial charge in [0.1, 0.15) is 11.4 Å². The Morgan fingerprint density at radius 3 is 2.49 bits per heavy atom. The van der Waals surface area contributed by atoms with Crippen LogP contribution >= 0.6 is 0 Å². The van der Waals surface area contributed by atoms with E-state index in [1.165, 1.54) is 11.7 Å². The Bertz CT molecular complexity index is 1550. The summed E-state index contributed by atoms with van der Waals surface area (Å²) in [6.07, 6.45) is 1.12. The van der Waals surface area contributed by atoms with Crippen molar-refractivity contribution in [3.05, 3.63) is 58.8 Å². The number of esters is 1. The van der Waals surface area contributed by atoms with Crippen molar-refractivity contribution >= 4 is 28.7 Å². The van der Waals surface area contributed by atoms with Crippen LogP contribution in [0.3, 0.4) is 0 Å². The second kappa shape index (κ2) is 13.3. The Balaban J connectivity index is 1.53. The average Bonchev–Trinajstić information content (AvgIpc) is 3.71. The predicted molar refractivity (Wildman–Crippen MR) is 169 cm³/mol. The lowest BCUT2D eigenvalue weighted by molar-refractivity contribution is 0.0245. The maximum absolute atomic E-state index is 13.5. The number of piperazine rings is 1. The van der Waals surface area contributed by atoms with Gasteiger partial charge in [-0.15, -0.1) is 0 Å². The van der Waals surface area contributed by atoms with Gasteiger partial charge in [0, 0.05) is 61.6 Å². The van der Waals surface area contributed by atoms with E-state index in [0.29, 0.717) is 49.1 Å². The summed E-state index contributed by atoms with van der Waals surface area (Å²) in [6, 6.07) is 9.17. The van der Waals surface area contributed by atoms with Crippen molar-refractivity contribution in [3.8, 4) is 5.75 Å². The zero-order valence-corrected chi connectivity index (χ0v) is 27.0. The van der Waals surface area contributed by atoms with Gasteiger partial charge >= 0.3 is 12.1 Å². The number of aryl methyl sites for hydroxylation is 1. The van der Waals surface area contributed by atoms with Gasteiger partial charge in [-0.2, -0.15) is 0 Å². The van der Waals surface area contributed by atoms with Crippen molar-refractivity contribution in [3.63, 3.8) is 0 Å². The molecule has 11 heteroatoms. The van der Waals surface area contributed by atoms with E-state index in [4.69, 9.17) is 14.2 Å². The average molecular weight is 627 g/mol. The first-order chi connectivity index (χ1) is 21.4. The molecule has 0 spiro atoms. The minimum atomic E-state index is -2.45. The van der Waals surface area contributed by atoms with Gasteiger partial charge in [-0.3, -0.25) is 14.4 Å². The normalized spacial score (nSPS) is 17.9. The summed E-state index contributed by atoms with van der Waals surface area (Å²) in [6.45, 7) is 9.72. The third-order valence-corrected chi connectivity index (χ3v) is 8.48. The molecule has 1 aromatic heterocycles. The Labute approximate surface area is 263 Å². The van der Waals surface area contributed by atoms with Crippen molar-refractivity contribution in [1.82, 2.24) is 14.4 Å². The molecule has 9 nitrogen and oxygen atoms in total. The molecule has 45 heavy (non-hydrogen) atoms. The lowest BCUT2D eigenvalue weighted by Crippen LogP contribution is -2.49. The summed E-state index contributed by atoms with van der Waals surface area (Å²) in [5, 5.41) is 4.30. The fraction of sp³-hybridized carbons (Fsp3) is 0.529. The first kappa shape index (κ1) is 32.7.